The number of methoxy groups -OCH3 is 1. The van der Waals surface area contributed by atoms with Crippen molar-refractivity contribution >= 4 is 28.6 Å². The van der Waals surface area contributed by atoms with Crippen molar-refractivity contribution in [2.24, 2.45) is 5.16 Å². The minimum Gasteiger partial charge on any atom is -1.00 e. The number of hydrogen-bond acceptors (Lipinski definition) is 6. The van der Waals surface area contributed by atoms with Gasteiger partial charge in [0.2, 0.25) is 6.54 Å². The highest BCUT2D eigenvalue weighted by molar-refractivity contribution is 7.14. The second-order valence-corrected chi connectivity index (χ2v) is 6.22. The zero-order valence-corrected chi connectivity index (χ0v) is 17.3. The molecule has 0 aliphatic heterocycles. The number of nitrogens with zero attached hydrogens (tertiary/aromatic N) is 3. The van der Waals surface area contributed by atoms with Gasteiger partial charge in [0.15, 0.2) is 17.5 Å². The van der Waals surface area contributed by atoms with E-state index in [1.165, 1.54) is 17.6 Å². The van der Waals surface area contributed by atoms with Crippen LogP contribution in [0.2, 0.25) is 0 Å². The minimum atomic E-state index is -0.172. The van der Waals surface area contributed by atoms with Crippen molar-refractivity contribution in [1.29, 1.82) is 0 Å². The lowest BCUT2D eigenvalue weighted by Gasteiger charge is -2.01. The summed E-state index contributed by atoms with van der Waals surface area (Å²) in [5.41, 5.74) is 2.50. The third-order valence-electron chi connectivity index (χ3n) is 3.59. The van der Waals surface area contributed by atoms with Gasteiger partial charge in [-0.2, -0.15) is 4.57 Å². The van der Waals surface area contributed by atoms with Crippen molar-refractivity contribution in [3.63, 3.8) is 0 Å². The van der Waals surface area contributed by atoms with Gasteiger partial charge in [0.05, 0.1) is 19.0 Å². The Morgan fingerprint density at radius 3 is 2.63 bits per heavy atom. The average Bonchev–Trinajstić information content (AvgIpc) is 3.12. The number of aromatic nitrogens is 2. The Labute approximate surface area is 177 Å². The maximum atomic E-state index is 12.2. The van der Waals surface area contributed by atoms with E-state index in [0.29, 0.717) is 5.13 Å². The first-order chi connectivity index (χ1) is 12.7. The number of ether oxygens (including phenoxy) is 1. The molecule has 0 bridgehead atoms. The molecule has 0 saturated heterocycles. The molecule has 0 fully saturated rings. The highest BCUT2D eigenvalue weighted by Gasteiger charge is 2.12. The molecule has 9 heteroatoms. The third-order valence-corrected chi connectivity index (χ3v) is 4.34. The quantitative estimate of drug-likeness (QED) is 0.159. The number of oxime groups is 1. The molecular weight excluding hydrogens is 479 g/mol. The molecule has 3 rings (SSSR count). The fraction of sp³-hybridized carbons (Fsp3) is 0.111. The van der Waals surface area contributed by atoms with E-state index in [1.807, 2.05) is 29.6 Å². The van der Waals surface area contributed by atoms with Gasteiger partial charge in [-0.25, -0.2) is 4.98 Å². The first kappa shape index (κ1) is 20.8. The summed E-state index contributed by atoms with van der Waals surface area (Å²) in [5.74, 6) is 0.611. The van der Waals surface area contributed by atoms with E-state index in [2.05, 4.69) is 15.5 Å². The Morgan fingerprint density at radius 2 is 2.00 bits per heavy atom. The molecule has 27 heavy (non-hydrogen) atoms. The molecule has 7 nitrogen and oxygen atoms in total. The van der Waals surface area contributed by atoms with E-state index >= 15 is 0 Å². The highest BCUT2D eigenvalue weighted by Crippen LogP contribution is 2.26. The van der Waals surface area contributed by atoms with Crippen molar-refractivity contribution in [3.05, 3.63) is 59.7 Å². The number of amides is 1. The van der Waals surface area contributed by atoms with E-state index in [1.54, 1.807) is 36.2 Å². The number of thiazole rings is 1. The van der Waals surface area contributed by atoms with Gasteiger partial charge < -0.3 is 33.9 Å². The summed E-state index contributed by atoms with van der Waals surface area (Å²) in [4.78, 5) is 16.6. The fourth-order valence-electron chi connectivity index (χ4n) is 2.28. The molecule has 0 aliphatic rings. The third kappa shape index (κ3) is 5.73. The van der Waals surface area contributed by atoms with Gasteiger partial charge in [0.25, 0.3) is 5.91 Å². The topological polar surface area (TPSA) is 87.7 Å². The average molecular weight is 496 g/mol. The molecule has 3 aromatic rings. The van der Waals surface area contributed by atoms with Gasteiger partial charge in [0, 0.05) is 28.6 Å². The second-order valence-electron chi connectivity index (χ2n) is 5.36. The number of halogens is 1. The van der Waals surface area contributed by atoms with Crippen LogP contribution < -0.4 is 38.6 Å². The SMILES string of the molecule is COc1ccc(-c2csc(NC(=O)C[n+]3ccc(/C=N/O)cc3)n2)cc1.[I-]. The van der Waals surface area contributed by atoms with Gasteiger partial charge in [-0.05, 0) is 24.3 Å². The molecular formula is C18H17IN4O3S. The number of benzene rings is 1. The van der Waals surface area contributed by atoms with Crippen LogP contribution in [0, 0.1) is 0 Å². The second kappa shape index (κ2) is 9.97. The molecule has 2 heterocycles. The lowest BCUT2D eigenvalue weighted by Crippen LogP contribution is -3.00. The number of nitrogens with one attached hydrogen (secondary N) is 1. The molecule has 0 atom stereocenters. The monoisotopic (exact) mass is 496 g/mol. The number of pyridine rings is 1. The molecule has 0 aliphatic carbocycles. The number of rotatable bonds is 6. The van der Waals surface area contributed by atoms with Crippen molar-refractivity contribution in [1.82, 2.24) is 4.98 Å². The molecule has 0 spiro atoms. The number of hydrogen-bond donors (Lipinski definition) is 2. The first-order valence-electron chi connectivity index (χ1n) is 7.74. The number of carbonyl (C=O) groups excluding carboxylic acids is 1. The van der Waals surface area contributed by atoms with Gasteiger partial charge in [0.1, 0.15) is 5.75 Å². The normalized spacial score (nSPS) is 10.4. The van der Waals surface area contributed by atoms with Crippen LogP contribution in [0.15, 0.2) is 59.3 Å². The summed E-state index contributed by atoms with van der Waals surface area (Å²) in [5, 5.41) is 16.7. The van der Waals surface area contributed by atoms with E-state index in [0.717, 1.165) is 22.6 Å². The lowest BCUT2D eigenvalue weighted by atomic mass is 10.2. The number of carbonyl (C=O) groups is 1. The van der Waals surface area contributed by atoms with Gasteiger partial charge in [-0.15, -0.1) is 11.3 Å². The summed E-state index contributed by atoms with van der Waals surface area (Å²) in [6.07, 6.45) is 4.79. The van der Waals surface area contributed by atoms with Crippen LogP contribution >= 0.6 is 11.3 Å². The van der Waals surface area contributed by atoms with Crippen molar-refractivity contribution in [2.45, 2.75) is 6.54 Å². The standard InChI is InChI=1S/C18H16N4O3S.HI/c1-25-15-4-2-14(3-5-15)16-12-26-18(20-16)21-17(23)11-22-8-6-13(7-9-22)10-19-24;/h2-10,12H,11H2,1H3,(H,20,21,23);1H. The predicted molar refractivity (Wildman–Crippen MR) is 98.7 cm³/mol. The van der Waals surface area contributed by atoms with Gasteiger partial charge in [-0.1, -0.05) is 5.16 Å². The highest BCUT2D eigenvalue weighted by atomic mass is 127. The lowest BCUT2D eigenvalue weighted by molar-refractivity contribution is -0.684. The smallest absolute Gasteiger partial charge is 0.292 e. The zero-order valence-electron chi connectivity index (χ0n) is 14.4. The fourth-order valence-corrected chi connectivity index (χ4v) is 3.01. The summed E-state index contributed by atoms with van der Waals surface area (Å²) < 4.78 is 6.87. The Bertz CT molecular complexity index is 911. The Kier molecular flexibility index (Phi) is 7.67. The van der Waals surface area contributed by atoms with E-state index in [-0.39, 0.29) is 36.4 Å². The van der Waals surface area contributed by atoms with Crippen LogP contribution in [0.3, 0.4) is 0 Å². The molecule has 140 valence electrons. The molecule has 0 saturated carbocycles. The van der Waals surface area contributed by atoms with E-state index in [4.69, 9.17) is 9.94 Å². The van der Waals surface area contributed by atoms with Gasteiger partial charge in [-0.3, -0.25) is 10.1 Å². The number of anilines is 1. The first-order valence-corrected chi connectivity index (χ1v) is 8.62. The summed E-state index contributed by atoms with van der Waals surface area (Å²) in [7, 11) is 1.62. The summed E-state index contributed by atoms with van der Waals surface area (Å²) in [6.45, 7) is 0.161. The molecule has 2 N–H and O–H groups in total. The molecule has 0 radical (unpaired) electrons. The summed E-state index contributed by atoms with van der Waals surface area (Å²) in [6, 6.07) is 11.1. The van der Waals surface area contributed by atoms with E-state index < -0.39 is 0 Å². The molecule has 1 amide bonds. The Balaban J connectivity index is 0.00000261. The van der Waals surface area contributed by atoms with E-state index in [9.17, 15) is 4.79 Å². The van der Waals surface area contributed by atoms with Crippen molar-refractivity contribution in [2.75, 3.05) is 12.4 Å². The van der Waals surface area contributed by atoms with Crippen LogP contribution in [0.25, 0.3) is 11.3 Å². The zero-order chi connectivity index (χ0) is 18.4. The van der Waals surface area contributed by atoms with Gasteiger partial charge >= 0.3 is 0 Å². The van der Waals surface area contributed by atoms with Crippen LogP contribution in [0.5, 0.6) is 5.75 Å². The Hall–Kier alpha value is -2.53. The molecule has 1 aromatic carbocycles. The maximum Gasteiger partial charge on any atom is 0.292 e. The van der Waals surface area contributed by atoms with Crippen LogP contribution in [-0.2, 0) is 11.3 Å². The van der Waals surface area contributed by atoms with Crippen molar-refractivity contribution in [3.8, 4) is 17.0 Å². The van der Waals surface area contributed by atoms with Crippen molar-refractivity contribution < 1.29 is 43.3 Å². The Morgan fingerprint density at radius 1 is 1.30 bits per heavy atom. The molecule has 2 aromatic heterocycles. The minimum absolute atomic E-state index is 0. The van der Waals surface area contributed by atoms with Crippen LogP contribution in [0.4, 0.5) is 5.13 Å². The predicted octanol–water partition coefficient (Wildman–Crippen LogP) is -0.443. The maximum absolute atomic E-state index is 12.2. The van der Waals surface area contributed by atoms with Crippen LogP contribution in [0.1, 0.15) is 5.56 Å². The van der Waals surface area contributed by atoms with Crippen LogP contribution in [-0.4, -0.2) is 29.4 Å². The molecule has 0 unspecified atom stereocenters. The summed E-state index contributed by atoms with van der Waals surface area (Å²) >= 11 is 1.37. The largest absolute Gasteiger partial charge is 1.00 e.